The van der Waals surface area contributed by atoms with Crippen LogP contribution in [-0.4, -0.2) is 56.6 Å². The van der Waals surface area contributed by atoms with Crippen molar-refractivity contribution in [2.45, 2.75) is 44.6 Å². The molecule has 1 aliphatic carbocycles. The molecule has 0 saturated heterocycles. The Morgan fingerprint density at radius 2 is 1.76 bits per heavy atom. The summed E-state index contributed by atoms with van der Waals surface area (Å²) in [6.07, 6.45) is 9.90. The lowest BCUT2D eigenvalue weighted by Crippen LogP contribution is -2.39. The number of sulfonamides is 1. The van der Waals surface area contributed by atoms with Crippen LogP contribution in [0.4, 0.5) is 5.69 Å². The molecule has 1 aromatic heterocycles. The molecule has 1 heterocycles. The van der Waals surface area contributed by atoms with E-state index in [4.69, 9.17) is 0 Å². The number of nitrogens with one attached hydrogen (secondary N) is 3. The lowest BCUT2D eigenvalue weighted by atomic mass is 9.94. The average molecular weight is 483 g/mol. The molecule has 34 heavy (non-hydrogen) atoms. The Morgan fingerprint density at radius 3 is 2.47 bits per heavy atom. The molecule has 1 amide bonds. The van der Waals surface area contributed by atoms with Crippen molar-refractivity contribution in [1.82, 2.24) is 15.2 Å². The van der Waals surface area contributed by atoms with Crippen LogP contribution in [0, 0.1) is 0 Å². The molecule has 1 aliphatic rings. The Labute approximate surface area is 202 Å². The summed E-state index contributed by atoms with van der Waals surface area (Å²) in [6, 6.07) is 14.0. The van der Waals surface area contributed by atoms with Crippen LogP contribution in [0.2, 0.25) is 0 Å². The van der Waals surface area contributed by atoms with Crippen LogP contribution in [0.15, 0.2) is 48.7 Å². The highest BCUT2D eigenvalue weighted by Crippen LogP contribution is 2.27. The zero-order chi connectivity index (χ0) is 24.1. The Balaban J connectivity index is 1.34. The maximum atomic E-state index is 12.5. The summed E-state index contributed by atoms with van der Waals surface area (Å²) < 4.78 is 25.3. The van der Waals surface area contributed by atoms with Crippen LogP contribution in [0.5, 0.6) is 0 Å². The standard InChI is InChI=1S/C26H34N4O3S/c1-30(23-6-4-3-5-7-23)15-14-27-26(31)17-21-18-28-25-16-20(10-13-24(21)25)19-8-11-22(12-9-19)29-34(2,32)33/h8-13,16,18,23,28-29H,3-7,14-15,17H2,1-2H3,(H,27,31). The monoisotopic (exact) mass is 482 g/mol. The number of anilines is 1. The number of carbonyl (C=O) groups is 1. The second kappa shape index (κ2) is 10.6. The molecule has 0 unspecified atom stereocenters. The molecule has 0 spiro atoms. The fourth-order valence-corrected chi connectivity index (χ4v) is 5.33. The van der Waals surface area contributed by atoms with E-state index in [0.29, 0.717) is 24.7 Å². The number of H-pyrrole nitrogens is 1. The molecular formula is C26H34N4O3S. The van der Waals surface area contributed by atoms with E-state index in [9.17, 15) is 13.2 Å². The third-order valence-corrected chi connectivity index (χ3v) is 7.23. The fraction of sp³-hybridized carbons (Fsp3) is 0.423. The predicted molar refractivity (Wildman–Crippen MR) is 138 cm³/mol. The second-order valence-corrected chi connectivity index (χ2v) is 11.1. The second-order valence-electron chi connectivity index (χ2n) is 9.33. The molecule has 0 aliphatic heterocycles. The van der Waals surface area contributed by atoms with E-state index in [1.165, 1.54) is 32.1 Å². The van der Waals surface area contributed by atoms with Gasteiger partial charge in [-0.1, -0.05) is 43.5 Å². The van der Waals surface area contributed by atoms with E-state index in [0.717, 1.165) is 40.4 Å². The van der Waals surface area contributed by atoms with Gasteiger partial charge in [0, 0.05) is 41.9 Å². The van der Waals surface area contributed by atoms with Crippen molar-refractivity contribution in [2.24, 2.45) is 0 Å². The van der Waals surface area contributed by atoms with E-state index < -0.39 is 10.0 Å². The summed E-state index contributed by atoms with van der Waals surface area (Å²) in [4.78, 5) is 18.2. The van der Waals surface area contributed by atoms with Crippen LogP contribution in [-0.2, 0) is 21.2 Å². The number of hydrogen-bond acceptors (Lipinski definition) is 4. The quantitative estimate of drug-likeness (QED) is 0.427. The summed E-state index contributed by atoms with van der Waals surface area (Å²) in [5.41, 5.74) is 4.48. The Kier molecular flexibility index (Phi) is 7.58. The number of carbonyl (C=O) groups excluding carboxylic acids is 1. The number of benzene rings is 2. The van der Waals surface area contributed by atoms with Crippen molar-refractivity contribution in [3.8, 4) is 11.1 Å². The summed E-state index contributed by atoms with van der Waals surface area (Å²) in [7, 11) is -1.13. The summed E-state index contributed by atoms with van der Waals surface area (Å²) >= 11 is 0. The lowest BCUT2D eigenvalue weighted by Gasteiger charge is -2.31. The Morgan fingerprint density at radius 1 is 1.06 bits per heavy atom. The number of likely N-dealkylation sites (N-methyl/N-ethyl adjacent to an activating group) is 1. The highest BCUT2D eigenvalue weighted by molar-refractivity contribution is 7.92. The van der Waals surface area contributed by atoms with Gasteiger partial charge in [0.25, 0.3) is 0 Å². The molecule has 0 atom stereocenters. The van der Waals surface area contributed by atoms with Gasteiger partial charge in [0.05, 0.1) is 12.7 Å². The van der Waals surface area contributed by atoms with Crippen molar-refractivity contribution in [3.63, 3.8) is 0 Å². The molecule has 2 aromatic carbocycles. The number of hydrogen-bond donors (Lipinski definition) is 3. The van der Waals surface area contributed by atoms with Crippen molar-refractivity contribution >= 4 is 32.5 Å². The summed E-state index contributed by atoms with van der Waals surface area (Å²) in [5, 5.41) is 4.11. The number of fused-ring (bicyclic) bond motifs is 1. The third-order valence-electron chi connectivity index (χ3n) is 6.62. The van der Waals surface area contributed by atoms with Gasteiger partial charge in [-0.3, -0.25) is 9.52 Å². The van der Waals surface area contributed by atoms with E-state index >= 15 is 0 Å². The van der Waals surface area contributed by atoms with Crippen molar-refractivity contribution in [2.75, 3.05) is 31.1 Å². The normalized spacial score (nSPS) is 15.0. The Bertz CT molecular complexity index is 1230. The van der Waals surface area contributed by atoms with Crippen LogP contribution >= 0.6 is 0 Å². The zero-order valence-electron chi connectivity index (χ0n) is 19.9. The van der Waals surface area contributed by atoms with Gasteiger partial charge in [0.15, 0.2) is 0 Å². The van der Waals surface area contributed by atoms with Crippen LogP contribution in [0.1, 0.15) is 37.7 Å². The molecule has 1 fully saturated rings. The number of amides is 1. The van der Waals surface area contributed by atoms with Crippen molar-refractivity contribution < 1.29 is 13.2 Å². The maximum absolute atomic E-state index is 12.5. The minimum Gasteiger partial charge on any atom is -0.361 e. The molecule has 4 rings (SSSR count). The van der Waals surface area contributed by atoms with Crippen LogP contribution < -0.4 is 10.0 Å². The fourth-order valence-electron chi connectivity index (χ4n) is 4.77. The molecule has 0 bridgehead atoms. The smallest absolute Gasteiger partial charge is 0.229 e. The predicted octanol–water partition coefficient (Wildman–Crippen LogP) is 4.13. The van der Waals surface area contributed by atoms with Gasteiger partial charge in [-0.05, 0) is 54.8 Å². The first kappa shape index (κ1) is 24.3. The first-order valence-electron chi connectivity index (χ1n) is 11.9. The van der Waals surface area contributed by atoms with Crippen molar-refractivity contribution in [3.05, 3.63) is 54.2 Å². The zero-order valence-corrected chi connectivity index (χ0v) is 20.7. The van der Waals surface area contributed by atoms with Crippen LogP contribution in [0.3, 0.4) is 0 Å². The molecule has 1 saturated carbocycles. The van der Waals surface area contributed by atoms with Gasteiger partial charge in [0.1, 0.15) is 0 Å². The first-order chi connectivity index (χ1) is 16.3. The van der Waals surface area contributed by atoms with E-state index in [1.54, 1.807) is 12.1 Å². The van der Waals surface area contributed by atoms with Crippen LogP contribution in [0.25, 0.3) is 22.0 Å². The molecule has 0 radical (unpaired) electrons. The topological polar surface area (TPSA) is 94.3 Å². The number of aromatic nitrogens is 1. The van der Waals surface area contributed by atoms with Gasteiger partial charge in [-0.25, -0.2) is 8.42 Å². The van der Waals surface area contributed by atoms with Gasteiger partial charge >= 0.3 is 0 Å². The summed E-state index contributed by atoms with van der Waals surface area (Å²) in [6.45, 7) is 1.55. The maximum Gasteiger partial charge on any atom is 0.229 e. The largest absolute Gasteiger partial charge is 0.361 e. The molecule has 182 valence electrons. The minimum atomic E-state index is -3.30. The lowest BCUT2D eigenvalue weighted by molar-refractivity contribution is -0.120. The number of aromatic amines is 1. The Hall–Kier alpha value is -2.84. The first-order valence-corrected chi connectivity index (χ1v) is 13.8. The molecular weight excluding hydrogens is 448 g/mol. The van der Waals surface area contributed by atoms with Gasteiger partial charge in [0.2, 0.25) is 15.9 Å². The average Bonchev–Trinajstić information content (AvgIpc) is 3.21. The minimum absolute atomic E-state index is 0.0379. The highest BCUT2D eigenvalue weighted by atomic mass is 32.2. The van der Waals surface area contributed by atoms with E-state index in [2.05, 4.69) is 33.0 Å². The van der Waals surface area contributed by atoms with Gasteiger partial charge < -0.3 is 15.2 Å². The van der Waals surface area contributed by atoms with E-state index in [1.807, 2.05) is 30.5 Å². The molecule has 3 aromatic rings. The summed E-state index contributed by atoms with van der Waals surface area (Å²) in [5.74, 6) is 0.0379. The van der Waals surface area contributed by atoms with Gasteiger partial charge in [-0.2, -0.15) is 0 Å². The SMILES string of the molecule is CN(CCNC(=O)Cc1c[nH]c2cc(-c3ccc(NS(C)(=O)=O)cc3)ccc12)C1CCCCC1. The number of nitrogens with zero attached hydrogens (tertiary/aromatic N) is 1. The number of rotatable bonds is 9. The third kappa shape index (κ3) is 6.39. The van der Waals surface area contributed by atoms with Gasteiger partial charge in [-0.15, -0.1) is 0 Å². The molecule has 7 nitrogen and oxygen atoms in total. The van der Waals surface area contributed by atoms with E-state index in [-0.39, 0.29) is 5.91 Å². The molecule has 8 heteroatoms. The highest BCUT2D eigenvalue weighted by Gasteiger charge is 2.18. The molecule has 3 N–H and O–H groups in total. The van der Waals surface area contributed by atoms with Crippen molar-refractivity contribution in [1.29, 1.82) is 0 Å².